The Bertz CT molecular complexity index is 763. The van der Waals surface area contributed by atoms with Crippen molar-refractivity contribution in [3.63, 3.8) is 0 Å². The van der Waals surface area contributed by atoms with E-state index in [4.69, 9.17) is 8.92 Å². The van der Waals surface area contributed by atoms with Crippen LogP contribution in [0.3, 0.4) is 0 Å². The molecular weight excluding hydrogens is 304 g/mol. The third-order valence-corrected chi connectivity index (χ3v) is 4.34. The van der Waals surface area contributed by atoms with Gasteiger partial charge in [0, 0.05) is 0 Å². The number of ether oxygens (including phenoxy) is 1. The standard InChI is InChI=1S/C16H16O5S/c1-12-7-9-13(10-8-12)22(18,19)21-11-15(17)14-5-3-4-6-16(14)20-2/h3-10H,11H2,1-2H3. The lowest BCUT2D eigenvalue weighted by atomic mass is 10.1. The van der Waals surface area contributed by atoms with Gasteiger partial charge in [-0.3, -0.25) is 8.98 Å². The molecule has 0 aliphatic rings. The quantitative estimate of drug-likeness (QED) is 0.604. The second kappa shape index (κ2) is 6.72. The van der Waals surface area contributed by atoms with Gasteiger partial charge in [-0.15, -0.1) is 0 Å². The normalized spacial score (nSPS) is 11.2. The molecule has 0 atom stereocenters. The van der Waals surface area contributed by atoms with Crippen molar-refractivity contribution in [2.75, 3.05) is 13.7 Å². The zero-order chi connectivity index (χ0) is 16.2. The Morgan fingerprint density at radius 1 is 1.05 bits per heavy atom. The fourth-order valence-electron chi connectivity index (χ4n) is 1.86. The Morgan fingerprint density at radius 2 is 1.68 bits per heavy atom. The fourth-order valence-corrected chi connectivity index (χ4v) is 2.72. The van der Waals surface area contributed by atoms with Crippen LogP contribution in [-0.4, -0.2) is 27.9 Å². The van der Waals surface area contributed by atoms with Crippen molar-refractivity contribution < 1.29 is 22.1 Å². The van der Waals surface area contributed by atoms with Crippen LogP contribution < -0.4 is 4.74 Å². The maximum absolute atomic E-state index is 12.1. The first-order valence-corrected chi connectivity index (χ1v) is 7.97. The Labute approximate surface area is 129 Å². The molecule has 0 amide bonds. The summed E-state index contributed by atoms with van der Waals surface area (Å²) in [6.07, 6.45) is 0. The van der Waals surface area contributed by atoms with Crippen molar-refractivity contribution in [2.45, 2.75) is 11.8 Å². The number of benzene rings is 2. The maximum Gasteiger partial charge on any atom is 0.297 e. The van der Waals surface area contributed by atoms with E-state index in [9.17, 15) is 13.2 Å². The summed E-state index contributed by atoms with van der Waals surface area (Å²) in [5.74, 6) is -0.0861. The molecule has 0 bridgehead atoms. The van der Waals surface area contributed by atoms with E-state index in [0.717, 1.165) is 5.56 Å². The summed E-state index contributed by atoms with van der Waals surface area (Å²) in [4.78, 5) is 12.1. The largest absolute Gasteiger partial charge is 0.496 e. The summed E-state index contributed by atoms with van der Waals surface area (Å²) in [5, 5.41) is 0. The van der Waals surface area contributed by atoms with Gasteiger partial charge in [0.2, 0.25) is 0 Å². The highest BCUT2D eigenvalue weighted by Crippen LogP contribution is 2.19. The van der Waals surface area contributed by atoms with Crippen LogP contribution in [0.1, 0.15) is 15.9 Å². The molecule has 22 heavy (non-hydrogen) atoms. The van der Waals surface area contributed by atoms with E-state index in [1.165, 1.54) is 19.2 Å². The van der Waals surface area contributed by atoms with Crippen LogP contribution in [0.2, 0.25) is 0 Å². The number of rotatable bonds is 6. The number of aryl methyl sites for hydroxylation is 1. The first kappa shape index (κ1) is 16.2. The number of ketones is 1. The maximum atomic E-state index is 12.1. The van der Waals surface area contributed by atoms with Crippen molar-refractivity contribution in [2.24, 2.45) is 0 Å². The van der Waals surface area contributed by atoms with Crippen molar-refractivity contribution in [1.82, 2.24) is 0 Å². The Kier molecular flexibility index (Phi) is 4.95. The molecule has 0 unspecified atom stereocenters. The van der Waals surface area contributed by atoms with Crippen LogP contribution in [-0.2, 0) is 14.3 Å². The van der Waals surface area contributed by atoms with Gasteiger partial charge in [-0.05, 0) is 31.2 Å². The van der Waals surface area contributed by atoms with E-state index in [-0.39, 0.29) is 10.5 Å². The molecule has 2 rings (SSSR count). The molecule has 0 aromatic heterocycles. The van der Waals surface area contributed by atoms with E-state index in [2.05, 4.69) is 0 Å². The van der Waals surface area contributed by atoms with E-state index in [1.807, 2.05) is 6.92 Å². The predicted molar refractivity (Wildman–Crippen MR) is 81.6 cm³/mol. The van der Waals surface area contributed by atoms with Crippen LogP contribution in [0.5, 0.6) is 5.75 Å². The molecule has 0 fully saturated rings. The second-order valence-corrected chi connectivity index (χ2v) is 6.27. The van der Waals surface area contributed by atoms with Gasteiger partial charge in [-0.2, -0.15) is 8.42 Å². The molecule has 0 aliphatic carbocycles. The Morgan fingerprint density at radius 3 is 2.32 bits per heavy atom. The van der Waals surface area contributed by atoms with Crippen LogP contribution in [0.15, 0.2) is 53.4 Å². The Balaban J connectivity index is 2.12. The van der Waals surface area contributed by atoms with Crippen molar-refractivity contribution in [1.29, 1.82) is 0 Å². The van der Waals surface area contributed by atoms with E-state index < -0.39 is 22.5 Å². The molecule has 116 valence electrons. The number of carbonyl (C=O) groups excluding carboxylic acids is 1. The molecule has 2 aromatic rings. The third-order valence-electron chi connectivity index (χ3n) is 3.06. The summed E-state index contributed by atoms with van der Waals surface area (Å²) in [7, 11) is -2.52. The summed E-state index contributed by atoms with van der Waals surface area (Å²) in [6.45, 7) is 1.28. The van der Waals surface area contributed by atoms with Crippen molar-refractivity contribution in [3.05, 3.63) is 59.7 Å². The monoisotopic (exact) mass is 320 g/mol. The lowest BCUT2D eigenvalue weighted by Gasteiger charge is -2.08. The van der Waals surface area contributed by atoms with E-state index in [1.54, 1.807) is 36.4 Å². The third kappa shape index (κ3) is 3.72. The molecule has 0 radical (unpaired) electrons. The minimum Gasteiger partial charge on any atom is -0.496 e. The number of carbonyl (C=O) groups is 1. The zero-order valence-corrected chi connectivity index (χ0v) is 13.1. The molecular formula is C16H16O5S. The molecule has 5 nitrogen and oxygen atoms in total. The van der Waals surface area contributed by atoms with Gasteiger partial charge in [-0.1, -0.05) is 29.8 Å². The first-order chi connectivity index (χ1) is 10.4. The molecule has 0 N–H and O–H groups in total. The number of para-hydroxylation sites is 1. The number of Topliss-reactive ketones (excluding diaryl/α,β-unsaturated/α-hetero) is 1. The van der Waals surface area contributed by atoms with Crippen LogP contribution in [0.4, 0.5) is 0 Å². The highest BCUT2D eigenvalue weighted by Gasteiger charge is 2.19. The molecule has 0 aliphatic heterocycles. The number of methoxy groups -OCH3 is 1. The predicted octanol–water partition coefficient (Wildman–Crippen LogP) is 2.59. The minimum atomic E-state index is -3.96. The van der Waals surface area contributed by atoms with Crippen LogP contribution >= 0.6 is 0 Å². The topological polar surface area (TPSA) is 69.7 Å². The lowest BCUT2D eigenvalue weighted by Crippen LogP contribution is -2.15. The number of hydrogen-bond acceptors (Lipinski definition) is 5. The fraction of sp³-hybridized carbons (Fsp3) is 0.188. The van der Waals surface area contributed by atoms with Gasteiger partial charge in [0.1, 0.15) is 12.4 Å². The van der Waals surface area contributed by atoms with Gasteiger partial charge in [-0.25, -0.2) is 0 Å². The Hall–Kier alpha value is -2.18. The van der Waals surface area contributed by atoms with Crippen LogP contribution in [0, 0.1) is 6.92 Å². The van der Waals surface area contributed by atoms with Gasteiger partial charge in [0.25, 0.3) is 10.1 Å². The smallest absolute Gasteiger partial charge is 0.297 e. The highest BCUT2D eigenvalue weighted by molar-refractivity contribution is 7.86. The molecule has 0 heterocycles. The summed E-state index contributed by atoms with van der Waals surface area (Å²) in [6, 6.07) is 12.8. The SMILES string of the molecule is COc1ccccc1C(=O)COS(=O)(=O)c1ccc(C)cc1. The number of hydrogen-bond donors (Lipinski definition) is 0. The molecule has 0 saturated heterocycles. The van der Waals surface area contributed by atoms with E-state index >= 15 is 0 Å². The summed E-state index contributed by atoms with van der Waals surface area (Å²) < 4.78 is 34.0. The molecule has 2 aromatic carbocycles. The zero-order valence-electron chi connectivity index (χ0n) is 12.3. The van der Waals surface area contributed by atoms with Crippen LogP contribution in [0.25, 0.3) is 0 Å². The molecule has 0 spiro atoms. The second-order valence-electron chi connectivity index (χ2n) is 4.65. The lowest BCUT2D eigenvalue weighted by molar-refractivity contribution is 0.0921. The minimum absolute atomic E-state index is 0.0194. The van der Waals surface area contributed by atoms with Gasteiger partial charge in [0.05, 0.1) is 17.6 Å². The van der Waals surface area contributed by atoms with Gasteiger partial charge in [0.15, 0.2) is 5.78 Å². The van der Waals surface area contributed by atoms with Gasteiger partial charge >= 0.3 is 0 Å². The van der Waals surface area contributed by atoms with Gasteiger partial charge < -0.3 is 4.74 Å². The van der Waals surface area contributed by atoms with E-state index in [0.29, 0.717) is 5.75 Å². The summed E-state index contributed by atoms with van der Waals surface area (Å²) in [5.41, 5.74) is 1.22. The highest BCUT2D eigenvalue weighted by atomic mass is 32.2. The van der Waals surface area contributed by atoms with Crippen molar-refractivity contribution in [3.8, 4) is 5.75 Å². The summed E-state index contributed by atoms with van der Waals surface area (Å²) >= 11 is 0. The van der Waals surface area contributed by atoms with Crippen molar-refractivity contribution >= 4 is 15.9 Å². The molecule has 6 heteroatoms. The first-order valence-electron chi connectivity index (χ1n) is 6.56. The average molecular weight is 320 g/mol. The average Bonchev–Trinajstić information content (AvgIpc) is 2.53. The molecule has 0 saturated carbocycles.